The van der Waals surface area contributed by atoms with E-state index in [2.05, 4.69) is 19.9 Å². The van der Waals surface area contributed by atoms with E-state index in [4.69, 9.17) is 9.84 Å². The summed E-state index contributed by atoms with van der Waals surface area (Å²) in [4.78, 5) is 26.5. The average Bonchev–Trinajstić information content (AvgIpc) is 2.67. The third-order valence-electron chi connectivity index (χ3n) is 4.70. The van der Waals surface area contributed by atoms with E-state index in [0.717, 1.165) is 38.4 Å². The fraction of sp³-hybridized carbons (Fsp3) is 0.474. The van der Waals surface area contributed by atoms with Crippen LogP contribution in [-0.4, -0.2) is 64.3 Å². The van der Waals surface area contributed by atoms with E-state index in [9.17, 15) is 4.79 Å². The second kappa shape index (κ2) is 8.82. The molecule has 1 N–H and O–H groups in total. The summed E-state index contributed by atoms with van der Waals surface area (Å²) < 4.78 is 5.17. The Kier molecular flexibility index (Phi) is 6.25. The van der Waals surface area contributed by atoms with Gasteiger partial charge in [0.05, 0.1) is 29.8 Å². The van der Waals surface area contributed by atoms with Gasteiger partial charge >= 0.3 is 5.97 Å². The van der Waals surface area contributed by atoms with E-state index in [1.165, 1.54) is 19.0 Å². The highest BCUT2D eigenvalue weighted by Gasteiger charge is 2.20. The molecule has 0 aromatic carbocycles. The lowest BCUT2D eigenvalue weighted by Gasteiger charge is -2.32. The van der Waals surface area contributed by atoms with Crippen LogP contribution >= 0.6 is 0 Å². The number of carboxylic acids is 1. The molecule has 0 unspecified atom stereocenters. The Morgan fingerprint density at radius 3 is 2.92 bits per heavy atom. The van der Waals surface area contributed by atoms with Crippen LogP contribution in [0.4, 0.5) is 0 Å². The standard InChI is InChI=1S/C19H24N4O3/c1-26-6-5-23-4-2-3-14(13-23)7-17-11-22-18(12-21-17)15-8-16(19(24)25)10-20-9-15/h8-12,14H,2-7,13H2,1H3,(H,24,25)/t14-/m1/s1. The first-order valence-corrected chi connectivity index (χ1v) is 8.86. The maximum Gasteiger partial charge on any atom is 0.337 e. The van der Waals surface area contributed by atoms with Crippen molar-refractivity contribution in [1.29, 1.82) is 0 Å². The van der Waals surface area contributed by atoms with E-state index >= 15 is 0 Å². The van der Waals surface area contributed by atoms with E-state index in [1.54, 1.807) is 31.8 Å². The number of carbonyl (C=O) groups is 1. The van der Waals surface area contributed by atoms with Gasteiger partial charge in [0.15, 0.2) is 0 Å². The number of rotatable bonds is 7. The van der Waals surface area contributed by atoms with Crippen LogP contribution in [0.5, 0.6) is 0 Å². The number of hydrogen-bond acceptors (Lipinski definition) is 6. The first-order valence-electron chi connectivity index (χ1n) is 8.86. The van der Waals surface area contributed by atoms with Crippen LogP contribution in [0.2, 0.25) is 0 Å². The van der Waals surface area contributed by atoms with Crippen LogP contribution in [-0.2, 0) is 11.2 Å². The number of methoxy groups -OCH3 is 1. The molecule has 1 saturated heterocycles. The van der Waals surface area contributed by atoms with Gasteiger partial charge in [0.25, 0.3) is 0 Å². The summed E-state index contributed by atoms with van der Waals surface area (Å²) >= 11 is 0. The van der Waals surface area contributed by atoms with Gasteiger partial charge in [0.1, 0.15) is 0 Å². The van der Waals surface area contributed by atoms with E-state index in [-0.39, 0.29) is 5.56 Å². The second-order valence-electron chi connectivity index (χ2n) is 6.67. The Morgan fingerprint density at radius 1 is 1.31 bits per heavy atom. The predicted octanol–water partition coefficient (Wildman–Crippen LogP) is 2.14. The highest BCUT2D eigenvalue weighted by Crippen LogP contribution is 2.21. The Hall–Kier alpha value is -2.38. The van der Waals surface area contributed by atoms with Crippen molar-refractivity contribution in [3.8, 4) is 11.3 Å². The summed E-state index contributed by atoms with van der Waals surface area (Å²) in [6.45, 7) is 3.95. The summed E-state index contributed by atoms with van der Waals surface area (Å²) in [7, 11) is 1.74. The highest BCUT2D eigenvalue weighted by molar-refractivity contribution is 5.88. The van der Waals surface area contributed by atoms with Crippen molar-refractivity contribution in [3.05, 3.63) is 42.1 Å². The summed E-state index contributed by atoms with van der Waals surface area (Å²) in [6, 6.07) is 1.56. The number of piperidine rings is 1. The highest BCUT2D eigenvalue weighted by atomic mass is 16.5. The van der Waals surface area contributed by atoms with Crippen molar-refractivity contribution < 1.29 is 14.6 Å². The summed E-state index contributed by atoms with van der Waals surface area (Å²) in [5.41, 5.74) is 2.41. The zero-order chi connectivity index (χ0) is 18.4. The molecule has 7 heteroatoms. The normalized spacial score (nSPS) is 18.0. The minimum atomic E-state index is -1.00. The third-order valence-corrected chi connectivity index (χ3v) is 4.70. The van der Waals surface area contributed by atoms with Crippen LogP contribution in [0, 0.1) is 5.92 Å². The summed E-state index contributed by atoms with van der Waals surface area (Å²) in [5, 5.41) is 9.07. The minimum Gasteiger partial charge on any atom is -0.478 e. The van der Waals surface area contributed by atoms with Gasteiger partial charge in [0.2, 0.25) is 0 Å². The van der Waals surface area contributed by atoms with Crippen LogP contribution in [0.15, 0.2) is 30.9 Å². The summed E-state index contributed by atoms with van der Waals surface area (Å²) in [5.74, 6) is -0.419. The summed E-state index contributed by atoms with van der Waals surface area (Å²) in [6.07, 6.45) is 9.73. The molecule has 1 aliphatic rings. The molecule has 138 valence electrons. The zero-order valence-corrected chi connectivity index (χ0v) is 15.0. The fourth-order valence-corrected chi connectivity index (χ4v) is 3.34. The molecule has 0 bridgehead atoms. The monoisotopic (exact) mass is 356 g/mol. The molecule has 1 aliphatic heterocycles. The van der Waals surface area contributed by atoms with E-state index < -0.39 is 5.97 Å². The Bertz CT molecular complexity index is 736. The second-order valence-corrected chi connectivity index (χ2v) is 6.67. The molecule has 0 spiro atoms. The maximum atomic E-state index is 11.1. The van der Waals surface area contributed by atoms with E-state index in [1.807, 2.05) is 0 Å². The van der Waals surface area contributed by atoms with Gasteiger partial charge < -0.3 is 14.7 Å². The number of aromatic carboxylic acids is 1. The lowest BCUT2D eigenvalue weighted by molar-refractivity contribution is 0.0696. The van der Waals surface area contributed by atoms with Crippen molar-refractivity contribution in [3.63, 3.8) is 0 Å². The zero-order valence-electron chi connectivity index (χ0n) is 15.0. The number of ether oxygens (including phenoxy) is 1. The first-order chi connectivity index (χ1) is 12.7. The Morgan fingerprint density at radius 2 is 2.19 bits per heavy atom. The Labute approximate surface area is 153 Å². The molecule has 0 aliphatic carbocycles. The number of pyridine rings is 1. The fourth-order valence-electron chi connectivity index (χ4n) is 3.34. The van der Waals surface area contributed by atoms with Gasteiger partial charge in [0, 0.05) is 44.4 Å². The van der Waals surface area contributed by atoms with Gasteiger partial charge in [-0.2, -0.15) is 0 Å². The van der Waals surface area contributed by atoms with Gasteiger partial charge in [-0.3, -0.25) is 15.0 Å². The molecule has 0 amide bonds. The molecule has 1 fully saturated rings. The molecular formula is C19H24N4O3. The van der Waals surface area contributed by atoms with Crippen molar-refractivity contribution in [2.24, 2.45) is 5.92 Å². The van der Waals surface area contributed by atoms with Crippen LogP contribution in [0.25, 0.3) is 11.3 Å². The lowest BCUT2D eigenvalue weighted by Crippen LogP contribution is -2.38. The molecule has 0 radical (unpaired) electrons. The molecule has 26 heavy (non-hydrogen) atoms. The molecule has 7 nitrogen and oxygen atoms in total. The Balaban J connectivity index is 1.62. The van der Waals surface area contributed by atoms with Crippen molar-refractivity contribution in [2.45, 2.75) is 19.3 Å². The number of hydrogen-bond donors (Lipinski definition) is 1. The molecular weight excluding hydrogens is 332 g/mol. The smallest absolute Gasteiger partial charge is 0.337 e. The molecule has 3 rings (SSSR count). The molecule has 3 heterocycles. The number of aromatic nitrogens is 3. The largest absolute Gasteiger partial charge is 0.478 e. The van der Waals surface area contributed by atoms with E-state index in [0.29, 0.717) is 17.2 Å². The van der Waals surface area contributed by atoms with Crippen LogP contribution in [0.1, 0.15) is 28.9 Å². The quantitative estimate of drug-likeness (QED) is 0.813. The molecule has 2 aromatic heterocycles. The van der Waals surface area contributed by atoms with Crippen molar-refractivity contribution in [2.75, 3.05) is 33.4 Å². The van der Waals surface area contributed by atoms with Gasteiger partial charge in [-0.05, 0) is 37.8 Å². The van der Waals surface area contributed by atoms with Crippen molar-refractivity contribution >= 4 is 5.97 Å². The van der Waals surface area contributed by atoms with Gasteiger partial charge in [-0.1, -0.05) is 0 Å². The van der Waals surface area contributed by atoms with Crippen molar-refractivity contribution in [1.82, 2.24) is 19.9 Å². The molecule has 2 aromatic rings. The third kappa shape index (κ3) is 4.83. The SMILES string of the molecule is COCCN1CCC[C@H](Cc2cnc(-c3cncc(C(=O)O)c3)cn2)C1. The van der Waals surface area contributed by atoms with Crippen LogP contribution < -0.4 is 0 Å². The molecule has 1 atom stereocenters. The lowest BCUT2D eigenvalue weighted by atomic mass is 9.93. The minimum absolute atomic E-state index is 0.145. The number of nitrogens with zero attached hydrogens (tertiary/aromatic N) is 4. The van der Waals surface area contributed by atoms with Gasteiger partial charge in [-0.25, -0.2) is 4.79 Å². The molecule has 0 saturated carbocycles. The number of carboxylic acid groups (broad SMARTS) is 1. The van der Waals surface area contributed by atoms with Gasteiger partial charge in [-0.15, -0.1) is 0 Å². The topological polar surface area (TPSA) is 88.4 Å². The maximum absolute atomic E-state index is 11.1. The predicted molar refractivity (Wildman–Crippen MR) is 97.0 cm³/mol. The first kappa shape index (κ1) is 18.4. The average molecular weight is 356 g/mol. The number of likely N-dealkylation sites (tertiary alicyclic amines) is 1. The van der Waals surface area contributed by atoms with Crippen LogP contribution in [0.3, 0.4) is 0 Å².